The van der Waals surface area contributed by atoms with Gasteiger partial charge in [-0.05, 0) is 48.4 Å². The lowest BCUT2D eigenvalue weighted by atomic mass is 9.77. The Morgan fingerprint density at radius 2 is 2.00 bits per heavy atom. The third-order valence-corrected chi connectivity index (χ3v) is 6.45. The molecule has 27 heavy (non-hydrogen) atoms. The van der Waals surface area contributed by atoms with Crippen LogP contribution >= 0.6 is 11.3 Å². The van der Waals surface area contributed by atoms with E-state index in [-0.39, 0.29) is 10.8 Å². The summed E-state index contributed by atoms with van der Waals surface area (Å²) in [6.07, 6.45) is 6.07. The van der Waals surface area contributed by atoms with Crippen LogP contribution in [-0.4, -0.2) is 18.1 Å². The molecule has 0 radical (unpaired) electrons. The summed E-state index contributed by atoms with van der Waals surface area (Å²) in [5, 5.41) is 0.777. The molecule has 0 aliphatic heterocycles. The predicted octanol–water partition coefficient (Wildman–Crippen LogP) is 4.63. The highest BCUT2D eigenvalue weighted by Gasteiger charge is 2.28. The van der Waals surface area contributed by atoms with Crippen LogP contribution in [0.25, 0.3) is 21.2 Å². The van der Waals surface area contributed by atoms with Crippen LogP contribution in [0.1, 0.15) is 41.1 Å². The maximum Gasteiger partial charge on any atom is 0.339 e. The van der Waals surface area contributed by atoms with Crippen LogP contribution < -0.4 is 5.43 Å². The highest BCUT2D eigenvalue weighted by Crippen LogP contribution is 2.38. The number of ether oxygens (including phenoxy) is 1. The predicted molar refractivity (Wildman–Crippen MR) is 108 cm³/mol. The van der Waals surface area contributed by atoms with Crippen molar-refractivity contribution in [2.24, 2.45) is 5.41 Å². The van der Waals surface area contributed by atoms with E-state index in [1.165, 1.54) is 18.2 Å². The van der Waals surface area contributed by atoms with Crippen molar-refractivity contribution >= 4 is 27.4 Å². The van der Waals surface area contributed by atoms with Gasteiger partial charge in [0.1, 0.15) is 0 Å². The van der Waals surface area contributed by atoms with Gasteiger partial charge in [0, 0.05) is 38.5 Å². The van der Waals surface area contributed by atoms with Gasteiger partial charge in [0.2, 0.25) is 0 Å². The Morgan fingerprint density at radius 3 is 2.78 bits per heavy atom. The smallest absolute Gasteiger partial charge is 0.339 e. The van der Waals surface area contributed by atoms with E-state index in [9.17, 15) is 9.59 Å². The van der Waals surface area contributed by atoms with E-state index in [2.05, 4.69) is 18.8 Å². The van der Waals surface area contributed by atoms with Crippen molar-refractivity contribution in [2.75, 3.05) is 7.11 Å². The van der Waals surface area contributed by atoms with E-state index < -0.39 is 5.97 Å². The number of hydrogen-bond acceptors (Lipinski definition) is 5. The van der Waals surface area contributed by atoms with Crippen molar-refractivity contribution in [1.82, 2.24) is 4.98 Å². The molecule has 1 aromatic carbocycles. The molecule has 1 aliphatic rings. The number of carbonyl (C=O) groups excluding carboxylic acids is 1. The third kappa shape index (κ3) is 3.28. The maximum atomic E-state index is 12.9. The van der Waals surface area contributed by atoms with E-state index in [1.807, 2.05) is 18.2 Å². The van der Waals surface area contributed by atoms with Crippen LogP contribution in [0.15, 0.2) is 41.5 Å². The molecule has 0 atom stereocenters. The third-order valence-electron chi connectivity index (χ3n) is 5.25. The normalized spacial score (nSPS) is 15.4. The summed E-state index contributed by atoms with van der Waals surface area (Å²) in [5.74, 6) is -0.411. The minimum Gasteiger partial charge on any atom is -0.465 e. The number of fused-ring (bicyclic) bond motifs is 2. The average molecular weight is 379 g/mol. The van der Waals surface area contributed by atoms with E-state index in [1.54, 1.807) is 23.6 Å². The summed E-state index contributed by atoms with van der Waals surface area (Å²) in [7, 11) is 1.35. The Hall–Kier alpha value is -2.53. The first-order valence-electron chi connectivity index (χ1n) is 9.00. The highest BCUT2D eigenvalue weighted by molar-refractivity contribution is 7.18. The molecule has 5 heteroatoms. The van der Waals surface area contributed by atoms with Crippen molar-refractivity contribution in [3.05, 3.63) is 62.9 Å². The molecule has 4 nitrogen and oxygen atoms in total. The molecular weight excluding hydrogens is 358 g/mol. The van der Waals surface area contributed by atoms with Crippen LogP contribution in [0.3, 0.4) is 0 Å². The number of hydrogen-bond donors (Lipinski definition) is 0. The molecule has 0 bridgehead atoms. The topological polar surface area (TPSA) is 56.3 Å². The fourth-order valence-corrected chi connectivity index (χ4v) is 5.17. The fourth-order valence-electron chi connectivity index (χ4n) is 3.67. The SMILES string of the molecule is COC(=O)c1cncc(-c2ccc3c(=O)c4c(sc3c2)CC(C)(C)CC4)c1. The Morgan fingerprint density at radius 1 is 1.19 bits per heavy atom. The van der Waals surface area contributed by atoms with E-state index >= 15 is 0 Å². The number of nitrogens with zero attached hydrogens (tertiary/aromatic N) is 1. The molecule has 0 spiro atoms. The van der Waals surface area contributed by atoms with Crippen LogP contribution in [0.2, 0.25) is 0 Å². The van der Waals surface area contributed by atoms with Gasteiger partial charge in [-0.1, -0.05) is 19.9 Å². The van der Waals surface area contributed by atoms with Gasteiger partial charge in [0.15, 0.2) is 5.43 Å². The van der Waals surface area contributed by atoms with Gasteiger partial charge in [-0.25, -0.2) is 4.79 Å². The van der Waals surface area contributed by atoms with Crippen LogP contribution in [0, 0.1) is 5.41 Å². The van der Waals surface area contributed by atoms with Gasteiger partial charge in [-0.3, -0.25) is 9.78 Å². The number of aromatic nitrogens is 1. The summed E-state index contributed by atoms with van der Waals surface area (Å²) >= 11 is 1.72. The monoisotopic (exact) mass is 379 g/mol. The fraction of sp³-hybridized carbons (Fsp3) is 0.318. The lowest BCUT2D eigenvalue weighted by Crippen LogP contribution is -2.26. The standard InChI is InChI=1S/C22H21NO3S/c1-22(2)7-6-17-19(10-22)27-18-9-13(4-5-16(18)20(17)24)14-8-15(12-23-11-14)21(25)26-3/h4-5,8-9,11-12H,6-7,10H2,1-3H3. The van der Waals surface area contributed by atoms with Crippen molar-refractivity contribution < 1.29 is 9.53 Å². The lowest BCUT2D eigenvalue weighted by Gasteiger charge is -2.30. The molecule has 0 saturated heterocycles. The number of rotatable bonds is 2. The quantitative estimate of drug-likeness (QED) is 0.610. The molecule has 0 N–H and O–H groups in total. The van der Waals surface area contributed by atoms with E-state index in [0.717, 1.165) is 46.0 Å². The van der Waals surface area contributed by atoms with Gasteiger partial charge in [-0.2, -0.15) is 0 Å². The lowest BCUT2D eigenvalue weighted by molar-refractivity contribution is 0.0600. The van der Waals surface area contributed by atoms with Crippen molar-refractivity contribution in [3.8, 4) is 11.1 Å². The van der Waals surface area contributed by atoms with Gasteiger partial charge in [0.25, 0.3) is 0 Å². The molecular formula is C22H21NO3S. The molecule has 4 rings (SSSR count). The van der Waals surface area contributed by atoms with Crippen molar-refractivity contribution in [3.63, 3.8) is 0 Å². The Balaban J connectivity index is 1.84. The van der Waals surface area contributed by atoms with Crippen LogP contribution in [-0.2, 0) is 17.6 Å². The molecule has 0 saturated carbocycles. The minimum absolute atomic E-state index is 0.169. The number of benzene rings is 1. The molecule has 0 unspecified atom stereocenters. The second-order valence-electron chi connectivity index (χ2n) is 7.84. The Bertz CT molecular complexity index is 1110. The van der Waals surface area contributed by atoms with Crippen molar-refractivity contribution in [2.45, 2.75) is 33.1 Å². The minimum atomic E-state index is -0.411. The number of esters is 1. The molecule has 2 aromatic heterocycles. The van der Waals surface area contributed by atoms with Crippen molar-refractivity contribution in [1.29, 1.82) is 0 Å². The largest absolute Gasteiger partial charge is 0.465 e. The van der Waals surface area contributed by atoms with Crippen LogP contribution in [0.5, 0.6) is 0 Å². The number of methoxy groups -OCH3 is 1. The van der Waals surface area contributed by atoms with Gasteiger partial charge in [0.05, 0.1) is 12.7 Å². The van der Waals surface area contributed by atoms with Gasteiger partial charge >= 0.3 is 5.97 Å². The summed E-state index contributed by atoms with van der Waals surface area (Å²) in [4.78, 5) is 30.1. The maximum absolute atomic E-state index is 12.9. The molecule has 1 aliphatic carbocycles. The summed E-state index contributed by atoms with van der Waals surface area (Å²) in [5.41, 5.74) is 3.58. The zero-order valence-corrected chi connectivity index (χ0v) is 16.5. The highest BCUT2D eigenvalue weighted by atomic mass is 32.1. The zero-order chi connectivity index (χ0) is 19.2. The van der Waals surface area contributed by atoms with E-state index in [0.29, 0.717) is 5.56 Å². The number of pyridine rings is 1. The first-order valence-corrected chi connectivity index (χ1v) is 9.82. The Kier molecular flexibility index (Phi) is 4.35. The summed E-state index contributed by atoms with van der Waals surface area (Å²) < 4.78 is 5.76. The molecule has 3 aromatic rings. The number of carbonyl (C=O) groups is 1. The second-order valence-corrected chi connectivity index (χ2v) is 8.98. The molecule has 0 fully saturated rings. The molecule has 2 heterocycles. The first kappa shape index (κ1) is 17.9. The second kappa shape index (κ2) is 6.57. The van der Waals surface area contributed by atoms with Gasteiger partial charge in [-0.15, -0.1) is 11.3 Å². The van der Waals surface area contributed by atoms with E-state index in [4.69, 9.17) is 4.74 Å². The summed E-state index contributed by atoms with van der Waals surface area (Å²) in [6.45, 7) is 4.52. The Labute approximate surface area is 161 Å². The van der Waals surface area contributed by atoms with Gasteiger partial charge < -0.3 is 4.74 Å². The molecule has 0 amide bonds. The molecule has 138 valence electrons. The zero-order valence-electron chi connectivity index (χ0n) is 15.7. The average Bonchev–Trinajstić information content (AvgIpc) is 2.66. The summed E-state index contributed by atoms with van der Waals surface area (Å²) in [6, 6.07) is 7.62. The first-order chi connectivity index (χ1) is 12.9. The van der Waals surface area contributed by atoms with Crippen LogP contribution in [0.4, 0.5) is 0 Å².